The van der Waals surface area contributed by atoms with Gasteiger partial charge in [-0.1, -0.05) is 24.2 Å². The molecule has 0 spiro atoms. The molecule has 1 aromatic carbocycles. The van der Waals surface area contributed by atoms with Gasteiger partial charge in [0, 0.05) is 19.3 Å². The Morgan fingerprint density at radius 3 is 2.26 bits per heavy atom. The van der Waals surface area contributed by atoms with E-state index in [0.717, 1.165) is 0 Å². The summed E-state index contributed by atoms with van der Waals surface area (Å²) in [5.41, 5.74) is 16.2. The topological polar surface area (TPSA) is 250 Å². The van der Waals surface area contributed by atoms with Gasteiger partial charge in [-0.15, -0.1) is 0 Å². The number of urea groups is 1. The highest BCUT2D eigenvalue weighted by molar-refractivity contribution is 5.82. The summed E-state index contributed by atoms with van der Waals surface area (Å²) >= 11 is 0. The Bertz CT molecular complexity index is 962. The van der Waals surface area contributed by atoms with Crippen molar-refractivity contribution in [1.29, 1.82) is 0 Å². The molecule has 34 heavy (non-hydrogen) atoms. The fourth-order valence-corrected chi connectivity index (χ4v) is 2.35. The van der Waals surface area contributed by atoms with Crippen molar-refractivity contribution in [2.24, 2.45) is 17.2 Å². The van der Waals surface area contributed by atoms with Crippen molar-refractivity contribution < 1.29 is 33.9 Å². The van der Waals surface area contributed by atoms with Gasteiger partial charge in [0.2, 0.25) is 17.7 Å². The smallest absolute Gasteiger partial charge is 0.326 e. The van der Waals surface area contributed by atoms with E-state index in [2.05, 4.69) is 26.5 Å². The zero-order valence-electron chi connectivity index (χ0n) is 18.6. The Labute approximate surface area is 194 Å². The lowest BCUT2D eigenvalue weighted by Crippen LogP contribution is -2.46. The summed E-state index contributed by atoms with van der Waals surface area (Å²) in [5, 5.41) is 27.0. The van der Waals surface area contributed by atoms with E-state index in [-0.39, 0.29) is 49.2 Å². The van der Waals surface area contributed by atoms with Gasteiger partial charge in [-0.3, -0.25) is 9.59 Å². The minimum atomic E-state index is -1.21. The van der Waals surface area contributed by atoms with Crippen LogP contribution in [0, 0.1) is 0 Å². The molecular weight excluding hydrogens is 450 g/mol. The molecule has 10 N–H and O–H groups in total. The second-order valence-electron chi connectivity index (χ2n) is 7.07. The van der Waals surface area contributed by atoms with Crippen molar-refractivity contribution in [3.8, 4) is 5.75 Å². The maximum absolute atomic E-state index is 12.0. The number of benzene rings is 1. The SMILES string of the molecule is CCC(N)=O.NC(=O)CC[C@H](N)c1noc(CNC(=O)N[C@@H](Cc2ccc(O)cc2)C(=O)O)n1. The van der Waals surface area contributed by atoms with Crippen molar-refractivity contribution >= 4 is 23.8 Å². The van der Waals surface area contributed by atoms with E-state index in [0.29, 0.717) is 12.0 Å². The number of phenolic OH excluding ortho intramolecular Hbond substituents is 1. The monoisotopic (exact) mass is 479 g/mol. The van der Waals surface area contributed by atoms with E-state index in [1.165, 1.54) is 12.1 Å². The van der Waals surface area contributed by atoms with Crippen molar-refractivity contribution in [2.75, 3.05) is 0 Å². The van der Waals surface area contributed by atoms with Crippen LogP contribution in [0.3, 0.4) is 0 Å². The first kappa shape index (κ1) is 27.8. The molecule has 1 heterocycles. The Hall–Kier alpha value is -4.20. The third-order valence-corrected chi connectivity index (χ3v) is 4.25. The highest BCUT2D eigenvalue weighted by Gasteiger charge is 2.21. The number of amides is 4. The molecule has 4 amide bonds. The molecule has 1 aromatic heterocycles. The molecule has 0 unspecified atom stereocenters. The Morgan fingerprint density at radius 1 is 1.12 bits per heavy atom. The number of nitrogens with two attached hydrogens (primary N) is 3. The standard InChI is InChI=1S/C17H22N6O6.C3H7NO/c18-11(5-6-13(19)25)15-22-14(29-23-15)8-20-17(28)21-12(16(26)27)7-9-1-3-10(24)4-2-9;1-2-3(4)5/h1-4,11-12,24H,5-8,18H2,(H2,19,25)(H,26,27)(H2,20,21,28);2H2,1H3,(H2,4,5)/t11-,12-;/m0./s1. The summed E-state index contributed by atoms with van der Waals surface area (Å²) in [7, 11) is 0. The molecule has 0 aliphatic rings. The molecule has 14 nitrogen and oxygen atoms in total. The van der Waals surface area contributed by atoms with Gasteiger partial charge < -0.3 is 42.6 Å². The number of aliphatic carboxylic acids is 1. The van der Waals surface area contributed by atoms with E-state index in [9.17, 15) is 29.4 Å². The van der Waals surface area contributed by atoms with Crippen LogP contribution < -0.4 is 27.8 Å². The molecule has 0 aliphatic carbocycles. The van der Waals surface area contributed by atoms with Crippen LogP contribution in [0.1, 0.15) is 49.5 Å². The zero-order valence-corrected chi connectivity index (χ0v) is 18.6. The maximum atomic E-state index is 12.0. The fraction of sp³-hybridized carbons (Fsp3) is 0.400. The third-order valence-electron chi connectivity index (χ3n) is 4.25. The molecule has 0 radical (unpaired) electrons. The number of primary amides is 2. The van der Waals surface area contributed by atoms with Gasteiger partial charge in [-0.05, 0) is 24.1 Å². The number of phenols is 1. The second-order valence-corrected chi connectivity index (χ2v) is 7.07. The second kappa shape index (κ2) is 14.1. The molecule has 2 rings (SSSR count). The lowest BCUT2D eigenvalue weighted by Gasteiger charge is -2.15. The molecule has 0 bridgehead atoms. The number of rotatable bonds is 11. The van der Waals surface area contributed by atoms with E-state index < -0.39 is 30.0 Å². The first-order chi connectivity index (χ1) is 16.0. The van der Waals surface area contributed by atoms with Gasteiger partial charge in [0.25, 0.3) is 0 Å². The Balaban J connectivity index is 0.00000104. The van der Waals surface area contributed by atoms with Crippen molar-refractivity contribution in [1.82, 2.24) is 20.8 Å². The van der Waals surface area contributed by atoms with Crippen molar-refractivity contribution in [2.45, 2.75) is 51.2 Å². The van der Waals surface area contributed by atoms with Gasteiger partial charge in [0.15, 0.2) is 5.82 Å². The lowest BCUT2D eigenvalue weighted by atomic mass is 10.1. The number of nitrogens with one attached hydrogen (secondary N) is 2. The molecule has 0 fully saturated rings. The van der Waals surface area contributed by atoms with Crippen LogP contribution in [0.5, 0.6) is 5.75 Å². The van der Waals surface area contributed by atoms with Crippen LogP contribution in [0.2, 0.25) is 0 Å². The molecule has 186 valence electrons. The molecule has 2 aromatic rings. The average Bonchev–Trinajstić information content (AvgIpc) is 3.26. The van der Waals surface area contributed by atoms with Crippen LogP contribution in [-0.4, -0.2) is 50.2 Å². The Morgan fingerprint density at radius 2 is 1.74 bits per heavy atom. The lowest BCUT2D eigenvalue weighted by molar-refractivity contribution is -0.139. The van der Waals surface area contributed by atoms with Crippen LogP contribution in [0.4, 0.5) is 4.79 Å². The molecule has 0 saturated carbocycles. The van der Waals surface area contributed by atoms with Crippen LogP contribution in [-0.2, 0) is 27.3 Å². The zero-order chi connectivity index (χ0) is 25.7. The number of hydrogen-bond donors (Lipinski definition) is 7. The molecule has 14 heteroatoms. The minimum absolute atomic E-state index is 0.0302. The predicted octanol–water partition coefficient (Wildman–Crippen LogP) is -0.583. The van der Waals surface area contributed by atoms with E-state index >= 15 is 0 Å². The first-order valence-electron chi connectivity index (χ1n) is 10.2. The van der Waals surface area contributed by atoms with Crippen molar-refractivity contribution in [3.63, 3.8) is 0 Å². The van der Waals surface area contributed by atoms with Crippen LogP contribution in [0.15, 0.2) is 28.8 Å². The number of carboxylic acid groups (broad SMARTS) is 1. The van der Waals surface area contributed by atoms with E-state index in [4.69, 9.17) is 16.0 Å². The van der Waals surface area contributed by atoms with Crippen molar-refractivity contribution in [3.05, 3.63) is 41.5 Å². The normalized spacial score (nSPS) is 11.9. The molecular formula is C20H29N7O7. The quantitative estimate of drug-likeness (QED) is 0.216. The Kier molecular flexibility index (Phi) is 11.5. The molecule has 2 atom stereocenters. The van der Waals surface area contributed by atoms with E-state index in [1.807, 2.05) is 0 Å². The van der Waals surface area contributed by atoms with Gasteiger partial charge >= 0.3 is 12.0 Å². The third kappa shape index (κ3) is 10.9. The summed E-state index contributed by atoms with van der Waals surface area (Å²) in [6.07, 6.45) is 0.797. The van der Waals surface area contributed by atoms with Gasteiger partial charge in [-0.25, -0.2) is 9.59 Å². The number of aromatic hydroxyl groups is 1. The summed E-state index contributed by atoms with van der Waals surface area (Å²) in [5.74, 6) is -1.67. The van der Waals surface area contributed by atoms with Crippen LogP contribution >= 0.6 is 0 Å². The molecule has 0 saturated heterocycles. The van der Waals surface area contributed by atoms with Gasteiger partial charge in [-0.2, -0.15) is 4.98 Å². The fourth-order valence-electron chi connectivity index (χ4n) is 2.35. The highest BCUT2D eigenvalue weighted by atomic mass is 16.5. The average molecular weight is 479 g/mol. The number of carboxylic acids is 1. The van der Waals surface area contributed by atoms with Crippen LogP contribution in [0.25, 0.3) is 0 Å². The predicted molar refractivity (Wildman–Crippen MR) is 118 cm³/mol. The maximum Gasteiger partial charge on any atom is 0.326 e. The minimum Gasteiger partial charge on any atom is -0.508 e. The summed E-state index contributed by atoms with van der Waals surface area (Å²) < 4.78 is 4.96. The summed E-state index contributed by atoms with van der Waals surface area (Å²) in [6, 6.07) is 3.41. The number of carbonyl (C=O) groups excluding carboxylic acids is 3. The number of carbonyl (C=O) groups is 4. The number of hydrogen-bond acceptors (Lipinski definition) is 9. The summed E-state index contributed by atoms with van der Waals surface area (Å²) in [6.45, 7) is 1.58. The van der Waals surface area contributed by atoms with Gasteiger partial charge in [0.1, 0.15) is 11.8 Å². The summed E-state index contributed by atoms with van der Waals surface area (Å²) in [4.78, 5) is 47.8. The first-order valence-corrected chi connectivity index (χ1v) is 10.2. The van der Waals surface area contributed by atoms with E-state index in [1.54, 1.807) is 19.1 Å². The number of nitrogens with zero attached hydrogens (tertiary/aromatic N) is 2. The number of aromatic nitrogens is 2. The van der Waals surface area contributed by atoms with Gasteiger partial charge in [0.05, 0.1) is 12.6 Å². The molecule has 0 aliphatic heterocycles. The highest BCUT2D eigenvalue weighted by Crippen LogP contribution is 2.13. The largest absolute Gasteiger partial charge is 0.508 e.